The molecule has 1 amide bonds. The van der Waals surface area contributed by atoms with E-state index in [0.717, 1.165) is 10.0 Å². The first kappa shape index (κ1) is 14.4. The van der Waals surface area contributed by atoms with Gasteiger partial charge in [-0.15, -0.1) is 0 Å². The number of hydrogen-bond acceptors (Lipinski definition) is 3. The topological polar surface area (TPSA) is 61.5 Å². The second-order valence-corrected chi connectivity index (χ2v) is 5.06. The van der Waals surface area contributed by atoms with Crippen LogP contribution in [-0.2, 0) is 6.61 Å². The van der Waals surface area contributed by atoms with Crippen LogP contribution in [0.2, 0.25) is 0 Å². The quantitative estimate of drug-likeness (QED) is 0.912. The van der Waals surface area contributed by atoms with Crippen molar-refractivity contribution in [2.75, 3.05) is 7.11 Å². The molecule has 0 atom stereocenters. The van der Waals surface area contributed by atoms with E-state index in [9.17, 15) is 4.79 Å². The average Bonchev–Trinajstić information content (AvgIpc) is 2.46. The highest BCUT2D eigenvalue weighted by atomic mass is 79.9. The number of carbonyl (C=O) groups is 1. The standard InChI is InChI=1S/C15H14BrNO3/c1-19-14-8-11(15(17)18)4-7-13(14)20-9-10-2-5-12(16)6-3-10/h2-8H,9H2,1H3,(H2,17,18). The molecule has 2 N–H and O–H groups in total. The summed E-state index contributed by atoms with van der Waals surface area (Å²) in [4.78, 5) is 11.1. The maximum Gasteiger partial charge on any atom is 0.248 e. The Labute approximate surface area is 125 Å². The number of methoxy groups -OCH3 is 1. The van der Waals surface area contributed by atoms with Crippen LogP contribution in [0.1, 0.15) is 15.9 Å². The maximum absolute atomic E-state index is 11.1. The van der Waals surface area contributed by atoms with Crippen LogP contribution >= 0.6 is 15.9 Å². The van der Waals surface area contributed by atoms with Crippen LogP contribution in [0.15, 0.2) is 46.9 Å². The van der Waals surface area contributed by atoms with Crippen molar-refractivity contribution in [3.8, 4) is 11.5 Å². The third-order valence-electron chi connectivity index (χ3n) is 2.76. The number of benzene rings is 2. The van der Waals surface area contributed by atoms with E-state index in [1.807, 2.05) is 24.3 Å². The fourth-order valence-electron chi connectivity index (χ4n) is 1.68. The summed E-state index contributed by atoms with van der Waals surface area (Å²) in [5, 5.41) is 0. The molecule has 4 nitrogen and oxygen atoms in total. The zero-order chi connectivity index (χ0) is 14.5. The minimum atomic E-state index is -0.497. The van der Waals surface area contributed by atoms with Gasteiger partial charge < -0.3 is 15.2 Å². The fourth-order valence-corrected chi connectivity index (χ4v) is 1.95. The van der Waals surface area contributed by atoms with Gasteiger partial charge in [-0.05, 0) is 35.9 Å². The van der Waals surface area contributed by atoms with Crippen LogP contribution in [0.5, 0.6) is 11.5 Å². The largest absolute Gasteiger partial charge is 0.493 e. The summed E-state index contributed by atoms with van der Waals surface area (Å²) in [7, 11) is 1.52. The molecule has 0 heterocycles. The van der Waals surface area contributed by atoms with Gasteiger partial charge >= 0.3 is 0 Å². The number of rotatable bonds is 5. The van der Waals surface area contributed by atoms with Crippen molar-refractivity contribution in [1.82, 2.24) is 0 Å². The predicted molar refractivity (Wildman–Crippen MR) is 80.0 cm³/mol. The Morgan fingerprint density at radius 2 is 1.85 bits per heavy atom. The normalized spacial score (nSPS) is 10.1. The summed E-state index contributed by atoms with van der Waals surface area (Å²) in [5.74, 6) is 0.557. The highest BCUT2D eigenvalue weighted by Gasteiger charge is 2.09. The molecular weight excluding hydrogens is 322 g/mol. The Morgan fingerprint density at radius 3 is 2.45 bits per heavy atom. The summed E-state index contributed by atoms with van der Waals surface area (Å²) in [6, 6.07) is 12.7. The lowest BCUT2D eigenvalue weighted by molar-refractivity contribution is 0.1000. The van der Waals surface area contributed by atoms with Crippen LogP contribution in [0.4, 0.5) is 0 Å². The molecule has 0 saturated carbocycles. The van der Waals surface area contributed by atoms with Crippen molar-refractivity contribution in [1.29, 1.82) is 0 Å². The third kappa shape index (κ3) is 3.51. The Morgan fingerprint density at radius 1 is 1.15 bits per heavy atom. The molecule has 0 saturated heterocycles. The first-order valence-electron chi connectivity index (χ1n) is 5.95. The molecular formula is C15H14BrNO3. The van der Waals surface area contributed by atoms with Crippen LogP contribution in [0.3, 0.4) is 0 Å². The molecule has 0 aromatic heterocycles. The van der Waals surface area contributed by atoms with Gasteiger partial charge in [0.05, 0.1) is 7.11 Å². The predicted octanol–water partition coefficient (Wildman–Crippen LogP) is 3.14. The minimum Gasteiger partial charge on any atom is -0.493 e. The van der Waals surface area contributed by atoms with E-state index < -0.39 is 5.91 Å². The number of halogens is 1. The van der Waals surface area contributed by atoms with Crippen molar-refractivity contribution in [3.05, 3.63) is 58.1 Å². The smallest absolute Gasteiger partial charge is 0.248 e. The molecule has 0 aliphatic carbocycles. The summed E-state index contributed by atoms with van der Waals surface area (Å²) in [6.07, 6.45) is 0. The van der Waals surface area contributed by atoms with Crippen molar-refractivity contribution in [2.24, 2.45) is 5.73 Å². The second-order valence-electron chi connectivity index (χ2n) is 4.15. The number of nitrogens with two attached hydrogens (primary N) is 1. The maximum atomic E-state index is 11.1. The average molecular weight is 336 g/mol. The first-order chi connectivity index (χ1) is 9.60. The highest BCUT2D eigenvalue weighted by Crippen LogP contribution is 2.28. The van der Waals surface area contributed by atoms with Gasteiger partial charge in [-0.25, -0.2) is 0 Å². The first-order valence-corrected chi connectivity index (χ1v) is 6.74. The zero-order valence-electron chi connectivity index (χ0n) is 10.9. The molecule has 104 valence electrons. The highest BCUT2D eigenvalue weighted by molar-refractivity contribution is 9.10. The van der Waals surface area contributed by atoms with E-state index in [4.69, 9.17) is 15.2 Å². The van der Waals surface area contributed by atoms with Crippen molar-refractivity contribution in [2.45, 2.75) is 6.61 Å². The van der Waals surface area contributed by atoms with E-state index in [0.29, 0.717) is 23.7 Å². The Hall–Kier alpha value is -2.01. The summed E-state index contributed by atoms with van der Waals surface area (Å²) in [6.45, 7) is 0.416. The summed E-state index contributed by atoms with van der Waals surface area (Å²) >= 11 is 3.38. The fraction of sp³-hybridized carbons (Fsp3) is 0.133. The molecule has 0 aliphatic rings. The number of hydrogen-bond donors (Lipinski definition) is 1. The summed E-state index contributed by atoms with van der Waals surface area (Å²) < 4.78 is 11.9. The van der Waals surface area contributed by atoms with Crippen LogP contribution in [0.25, 0.3) is 0 Å². The molecule has 5 heteroatoms. The van der Waals surface area contributed by atoms with Crippen LogP contribution in [-0.4, -0.2) is 13.0 Å². The van der Waals surface area contributed by atoms with Gasteiger partial charge in [-0.3, -0.25) is 4.79 Å². The number of primary amides is 1. The molecule has 0 spiro atoms. The van der Waals surface area contributed by atoms with E-state index in [1.165, 1.54) is 7.11 Å². The lowest BCUT2D eigenvalue weighted by Gasteiger charge is -2.11. The lowest BCUT2D eigenvalue weighted by Crippen LogP contribution is -2.11. The van der Waals surface area contributed by atoms with E-state index in [-0.39, 0.29) is 0 Å². The van der Waals surface area contributed by atoms with Gasteiger partial charge in [0.1, 0.15) is 6.61 Å². The molecule has 0 radical (unpaired) electrons. The molecule has 20 heavy (non-hydrogen) atoms. The Balaban J connectivity index is 2.12. The second kappa shape index (κ2) is 6.43. The lowest BCUT2D eigenvalue weighted by atomic mass is 10.2. The molecule has 2 aromatic carbocycles. The zero-order valence-corrected chi connectivity index (χ0v) is 12.5. The summed E-state index contributed by atoms with van der Waals surface area (Å²) in [5.41, 5.74) is 6.65. The van der Waals surface area contributed by atoms with Crippen molar-refractivity contribution < 1.29 is 14.3 Å². The van der Waals surface area contributed by atoms with Gasteiger partial charge in [0.25, 0.3) is 0 Å². The van der Waals surface area contributed by atoms with Crippen molar-refractivity contribution >= 4 is 21.8 Å². The van der Waals surface area contributed by atoms with Gasteiger partial charge in [-0.2, -0.15) is 0 Å². The minimum absolute atomic E-state index is 0.387. The van der Waals surface area contributed by atoms with Crippen LogP contribution < -0.4 is 15.2 Å². The van der Waals surface area contributed by atoms with Crippen molar-refractivity contribution in [3.63, 3.8) is 0 Å². The molecule has 2 aromatic rings. The SMILES string of the molecule is COc1cc(C(N)=O)ccc1OCc1ccc(Br)cc1. The number of ether oxygens (including phenoxy) is 2. The molecule has 0 fully saturated rings. The molecule has 0 bridgehead atoms. The van der Waals surface area contributed by atoms with E-state index >= 15 is 0 Å². The van der Waals surface area contributed by atoms with Gasteiger partial charge in [0.15, 0.2) is 11.5 Å². The molecule has 0 aliphatic heterocycles. The van der Waals surface area contributed by atoms with Crippen LogP contribution in [0, 0.1) is 0 Å². The van der Waals surface area contributed by atoms with Gasteiger partial charge in [-0.1, -0.05) is 28.1 Å². The number of carbonyl (C=O) groups excluding carboxylic acids is 1. The monoisotopic (exact) mass is 335 g/mol. The number of amides is 1. The molecule has 2 rings (SSSR count). The van der Waals surface area contributed by atoms with Gasteiger partial charge in [0.2, 0.25) is 5.91 Å². The van der Waals surface area contributed by atoms with E-state index in [2.05, 4.69) is 15.9 Å². The Bertz CT molecular complexity index is 611. The Kier molecular flexibility index (Phi) is 4.63. The third-order valence-corrected chi connectivity index (χ3v) is 3.28. The van der Waals surface area contributed by atoms with Gasteiger partial charge in [0, 0.05) is 10.0 Å². The van der Waals surface area contributed by atoms with E-state index in [1.54, 1.807) is 18.2 Å². The molecule has 0 unspecified atom stereocenters.